The van der Waals surface area contributed by atoms with Crippen LogP contribution in [0.15, 0.2) is 0 Å². The van der Waals surface area contributed by atoms with Crippen molar-refractivity contribution in [3.63, 3.8) is 0 Å². The van der Waals surface area contributed by atoms with Crippen LogP contribution in [0.2, 0.25) is 0 Å². The van der Waals surface area contributed by atoms with Gasteiger partial charge in [-0.2, -0.15) is 0 Å². The van der Waals surface area contributed by atoms with E-state index in [1.54, 1.807) is 0 Å². The van der Waals surface area contributed by atoms with Crippen molar-refractivity contribution in [3.05, 3.63) is 0 Å². The molecule has 0 aliphatic heterocycles. The van der Waals surface area contributed by atoms with E-state index in [0.29, 0.717) is 25.7 Å². The SMILES string of the molecule is CC(C)NC(=O)[C@H]1CC[C@@H](C(=O)O)CC1. The molecule has 0 aromatic heterocycles. The smallest absolute Gasteiger partial charge is 0.306 e. The molecule has 4 nitrogen and oxygen atoms in total. The number of rotatable bonds is 3. The first-order chi connectivity index (χ1) is 7.00. The van der Waals surface area contributed by atoms with Gasteiger partial charge in [0.15, 0.2) is 0 Å². The molecule has 1 aliphatic carbocycles. The van der Waals surface area contributed by atoms with E-state index in [0.717, 1.165) is 0 Å². The molecule has 0 saturated heterocycles. The predicted octanol–water partition coefficient (Wildman–Crippen LogP) is 1.40. The number of amides is 1. The van der Waals surface area contributed by atoms with Gasteiger partial charge in [0.1, 0.15) is 0 Å². The van der Waals surface area contributed by atoms with E-state index in [1.807, 2.05) is 13.8 Å². The van der Waals surface area contributed by atoms with Crippen molar-refractivity contribution in [3.8, 4) is 0 Å². The topological polar surface area (TPSA) is 66.4 Å². The van der Waals surface area contributed by atoms with Gasteiger partial charge in [0, 0.05) is 12.0 Å². The molecule has 1 fully saturated rings. The number of hydrogen-bond donors (Lipinski definition) is 2. The molecule has 1 aliphatic rings. The van der Waals surface area contributed by atoms with Crippen LogP contribution in [0.5, 0.6) is 0 Å². The molecule has 0 bridgehead atoms. The highest BCUT2D eigenvalue weighted by atomic mass is 16.4. The number of carbonyl (C=O) groups is 2. The Morgan fingerprint density at radius 1 is 1.13 bits per heavy atom. The Hall–Kier alpha value is -1.06. The number of carbonyl (C=O) groups excluding carboxylic acids is 1. The third-order valence-corrected chi connectivity index (χ3v) is 2.88. The van der Waals surface area contributed by atoms with E-state index in [1.165, 1.54) is 0 Å². The highest BCUT2D eigenvalue weighted by molar-refractivity contribution is 5.79. The molecule has 4 heteroatoms. The van der Waals surface area contributed by atoms with Crippen LogP contribution in [0, 0.1) is 11.8 Å². The molecule has 2 N–H and O–H groups in total. The molecule has 0 atom stereocenters. The average molecular weight is 213 g/mol. The van der Waals surface area contributed by atoms with E-state index in [4.69, 9.17) is 5.11 Å². The van der Waals surface area contributed by atoms with Crippen LogP contribution in [0.25, 0.3) is 0 Å². The summed E-state index contributed by atoms with van der Waals surface area (Å²) in [4.78, 5) is 22.3. The standard InChI is InChI=1S/C11H19NO3/c1-7(2)12-10(13)8-3-5-9(6-4-8)11(14)15/h7-9H,3-6H2,1-2H3,(H,12,13)(H,14,15)/t8-,9+. The molecule has 0 unspecified atom stereocenters. The molecule has 86 valence electrons. The van der Waals surface area contributed by atoms with Gasteiger partial charge < -0.3 is 10.4 Å². The summed E-state index contributed by atoms with van der Waals surface area (Å²) in [6.07, 6.45) is 2.67. The quantitative estimate of drug-likeness (QED) is 0.744. The fraction of sp³-hybridized carbons (Fsp3) is 0.818. The normalized spacial score (nSPS) is 26.3. The van der Waals surface area contributed by atoms with Crippen LogP contribution in [0.3, 0.4) is 0 Å². The van der Waals surface area contributed by atoms with E-state index < -0.39 is 5.97 Å². The summed E-state index contributed by atoms with van der Waals surface area (Å²) in [6, 6.07) is 0.162. The van der Waals surface area contributed by atoms with Gasteiger partial charge in [-0.1, -0.05) is 0 Å². The van der Waals surface area contributed by atoms with Crippen molar-refractivity contribution < 1.29 is 14.7 Å². The van der Waals surface area contributed by atoms with Crippen molar-refractivity contribution >= 4 is 11.9 Å². The Labute approximate surface area is 90.0 Å². The lowest BCUT2D eigenvalue weighted by atomic mass is 9.81. The maximum Gasteiger partial charge on any atom is 0.306 e. The summed E-state index contributed by atoms with van der Waals surface area (Å²) in [6.45, 7) is 3.86. The number of aliphatic carboxylic acids is 1. The molecular formula is C11H19NO3. The van der Waals surface area contributed by atoms with Gasteiger partial charge in [-0.25, -0.2) is 0 Å². The first-order valence-electron chi connectivity index (χ1n) is 5.54. The zero-order chi connectivity index (χ0) is 11.4. The highest BCUT2D eigenvalue weighted by Gasteiger charge is 2.29. The van der Waals surface area contributed by atoms with Gasteiger partial charge in [-0.3, -0.25) is 9.59 Å². The summed E-state index contributed by atoms with van der Waals surface area (Å²) in [5.41, 5.74) is 0. The van der Waals surface area contributed by atoms with E-state index in [2.05, 4.69) is 5.32 Å². The van der Waals surface area contributed by atoms with Crippen LogP contribution >= 0.6 is 0 Å². The molecule has 15 heavy (non-hydrogen) atoms. The van der Waals surface area contributed by atoms with E-state index in [9.17, 15) is 9.59 Å². The van der Waals surface area contributed by atoms with Crippen LogP contribution in [-0.2, 0) is 9.59 Å². The second kappa shape index (κ2) is 5.14. The van der Waals surface area contributed by atoms with Crippen molar-refractivity contribution in [1.82, 2.24) is 5.32 Å². The molecule has 0 aromatic carbocycles. The van der Waals surface area contributed by atoms with Gasteiger partial charge >= 0.3 is 5.97 Å². The molecule has 0 aromatic rings. The minimum Gasteiger partial charge on any atom is -0.481 e. The second-order valence-electron chi connectivity index (χ2n) is 4.55. The monoisotopic (exact) mass is 213 g/mol. The summed E-state index contributed by atoms with van der Waals surface area (Å²) >= 11 is 0. The van der Waals surface area contributed by atoms with Crippen molar-refractivity contribution in [2.75, 3.05) is 0 Å². The summed E-state index contributed by atoms with van der Waals surface area (Å²) in [5.74, 6) is -0.873. The lowest BCUT2D eigenvalue weighted by Crippen LogP contribution is -2.37. The second-order valence-corrected chi connectivity index (χ2v) is 4.55. The third-order valence-electron chi connectivity index (χ3n) is 2.88. The maximum absolute atomic E-state index is 11.6. The molecule has 1 amide bonds. The minimum atomic E-state index is -0.724. The highest BCUT2D eigenvalue weighted by Crippen LogP contribution is 2.28. The van der Waals surface area contributed by atoms with Gasteiger partial charge in [0.25, 0.3) is 0 Å². The largest absolute Gasteiger partial charge is 0.481 e. The Kier molecular flexibility index (Phi) is 4.12. The number of carboxylic acid groups (broad SMARTS) is 1. The molecule has 0 heterocycles. The fourth-order valence-electron chi connectivity index (χ4n) is 2.00. The third kappa shape index (κ3) is 3.53. The summed E-state index contributed by atoms with van der Waals surface area (Å²) in [5, 5.41) is 11.7. The van der Waals surface area contributed by atoms with E-state index in [-0.39, 0.29) is 23.8 Å². The van der Waals surface area contributed by atoms with Crippen molar-refractivity contribution in [2.45, 2.75) is 45.6 Å². The van der Waals surface area contributed by atoms with Gasteiger partial charge in [-0.05, 0) is 39.5 Å². The first-order valence-corrected chi connectivity index (χ1v) is 5.54. The molecule has 1 rings (SSSR count). The van der Waals surface area contributed by atoms with Crippen LogP contribution < -0.4 is 5.32 Å². The van der Waals surface area contributed by atoms with Crippen molar-refractivity contribution in [2.24, 2.45) is 11.8 Å². The average Bonchev–Trinajstić information content (AvgIpc) is 2.17. The Bertz CT molecular complexity index is 242. The molecule has 1 saturated carbocycles. The molecule has 0 radical (unpaired) electrons. The summed E-state index contributed by atoms with van der Waals surface area (Å²) in [7, 11) is 0. The molecular weight excluding hydrogens is 194 g/mol. The first kappa shape index (κ1) is 12.0. The zero-order valence-electron chi connectivity index (χ0n) is 9.32. The predicted molar refractivity (Wildman–Crippen MR) is 56.4 cm³/mol. The van der Waals surface area contributed by atoms with Gasteiger partial charge in [-0.15, -0.1) is 0 Å². The van der Waals surface area contributed by atoms with Crippen LogP contribution in [0.4, 0.5) is 0 Å². The number of nitrogens with one attached hydrogen (secondary N) is 1. The Morgan fingerprint density at radius 2 is 1.60 bits per heavy atom. The Morgan fingerprint density at radius 3 is 2.00 bits per heavy atom. The summed E-state index contributed by atoms with van der Waals surface area (Å²) < 4.78 is 0. The fourth-order valence-corrected chi connectivity index (χ4v) is 2.00. The van der Waals surface area contributed by atoms with Gasteiger partial charge in [0.2, 0.25) is 5.91 Å². The lowest BCUT2D eigenvalue weighted by molar-refractivity contribution is -0.144. The molecule has 0 spiro atoms. The van der Waals surface area contributed by atoms with E-state index >= 15 is 0 Å². The maximum atomic E-state index is 11.6. The number of carboxylic acids is 1. The van der Waals surface area contributed by atoms with Gasteiger partial charge in [0.05, 0.1) is 5.92 Å². The Balaban J connectivity index is 2.37. The van der Waals surface area contributed by atoms with Crippen LogP contribution in [0.1, 0.15) is 39.5 Å². The lowest BCUT2D eigenvalue weighted by Gasteiger charge is -2.25. The van der Waals surface area contributed by atoms with Crippen LogP contribution in [-0.4, -0.2) is 23.0 Å². The number of hydrogen-bond acceptors (Lipinski definition) is 2. The minimum absolute atomic E-state index is 0.0167. The van der Waals surface area contributed by atoms with Crippen molar-refractivity contribution in [1.29, 1.82) is 0 Å². The zero-order valence-corrected chi connectivity index (χ0v) is 9.32.